The molecule has 0 aromatic rings. The third-order valence-corrected chi connectivity index (χ3v) is 3.42. The van der Waals surface area contributed by atoms with Crippen LogP contribution in [0.5, 0.6) is 0 Å². The second-order valence-corrected chi connectivity index (χ2v) is 5.58. The molecule has 0 aromatic carbocycles. The minimum absolute atomic E-state index is 0.488. The average molecular weight is 198 g/mol. The maximum atomic E-state index is 5.20. The van der Waals surface area contributed by atoms with Crippen molar-refractivity contribution in [3.8, 4) is 0 Å². The summed E-state index contributed by atoms with van der Waals surface area (Å²) in [6.07, 6.45) is 1.30. The van der Waals surface area contributed by atoms with Gasteiger partial charge in [0.15, 0.2) is 0 Å². The van der Waals surface area contributed by atoms with Gasteiger partial charge >= 0.3 is 0 Å². The molecule has 1 N–H and O–H groups in total. The molecule has 2 fully saturated rings. The third-order valence-electron chi connectivity index (χ3n) is 3.42. The van der Waals surface area contributed by atoms with Crippen molar-refractivity contribution in [2.75, 3.05) is 33.4 Å². The van der Waals surface area contributed by atoms with Crippen molar-refractivity contribution in [2.45, 2.75) is 32.4 Å². The first-order chi connectivity index (χ1) is 6.57. The Kier molecular flexibility index (Phi) is 2.82. The SMILES string of the molecule is CN(CC1CC(C)(C)CN1)C1COC1. The van der Waals surface area contributed by atoms with Gasteiger partial charge in [0.1, 0.15) is 0 Å². The van der Waals surface area contributed by atoms with Gasteiger partial charge in [-0.2, -0.15) is 0 Å². The van der Waals surface area contributed by atoms with Crippen molar-refractivity contribution < 1.29 is 4.74 Å². The van der Waals surface area contributed by atoms with Crippen LogP contribution in [0.3, 0.4) is 0 Å². The molecule has 0 amide bonds. The zero-order valence-corrected chi connectivity index (χ0v) is 9.55. The Balaban J connectivity index is 1.75. The number of hydrogen-bond acceptors (Lipinski definition) is 3. The molecular weight excluding hydrogens is 176 g/mol. The number of rotatable bonds is 3. The molecule has 0 aromatic heterocycles. The summed E-state index contributed by atoms with van der Waals surface area (Å²) in [5.41, 5.74) is 0.488. The standard InChI is InChI=1S/C11H22N2O/c1-11(2)4-9(12-8-11)5-13(3)10-6-14-7-10/h9-10,12H,4-8H2,1-3H3. The van der Waals surface area contributed by atoms with E-state index in [1.165, 1.54) is 6.42 Å². The van der Waals surface area contributed by atoms with Crippen LogP contribution < -0.4 is 5.32 Å². The van der Waals surface area contributed by atoms with E-state index in [0.717, 1.165) is 26.3 Å². The molecule has 14 heavy (non-hydrogen) atoms. The van der Waals surface area contributed by atoms with Gasteiger partial charge in [0.2, 0.25) is 0 Å². The molecule has 82 valence electrons. The Morgan fingerprint density at radius 1 is 1.43 bits per heavy atom. The largest absolute Gasteiger partial charge is 0.378 e. The first kappa shape index (κ1) is 10.4. The minimum Gasteiger partial charge on any atom is -0.378 e. The summed E-state index contributed by atoms with van der Waals surface area (Å²) in [6, 6.07) is 1.34. The summed E-state index contributed by atoms with van der Waals surface area (Å²) >= 11 is 0. The van der Waals surface area contributed by atoms with Crippen molar-refractivity contribution in [2.24, 2.45) is 5.41 Å². The number of nitrogens with one attached hydrogen (secondary N) is 1. The van der Waals surface area contributed by atoms with Gasteiger partial charge in [0, 0.05) is 19.1 Å². The Hall–Kier alpha value is -0.120. The summed E-state index contributed by atoms with van der Waals surface area (Å²) in [5, 5.41) is 3.60. The summed E-state index contributed by atoms with van der Waals surface area (Å²) in [5.74, 6) is 0. The van der Waals surface area contributed by atoms with Crippen molar-refractivity contribution in [1.82, 2.24) is 10.2 Å². The van der Waals surface area contributed by atoms with E-state index >= 15 is 0 Å². The van der Waals surface area contributed by atoms with Gasteiger partial charge in [0.25, 0.3) is 0 Å². The van der Waals surface area contributed by atoms with E-state index in [-0.39, 0.29) is 0 Å². The third kappa shape index (κ3) is 2.27. The monoisotopic (exact) mass is 198 g/mol. The van der Waals surface area contributed by atoms with Crippen molar-refractivity contribution in [1.29, 1.82) is 0 Å². The van der Waals surface area contributed by atoms with E-state index in [4.69, 9.17) is 4.74 Å². The van der Waals surface area contributed by atoms with Gasteiger partial charge in [-0.1, -0.05) is 13.8 Å². The van der Waals surface area contributed by atoms with Crippen molar-refractivity contribution >= 4 is 0 Å². The maximum absolute atomic E-state index is 5.20. The van der Waals surface area contributed by atoms with Crippen LogP contribution in [0.15, 0.2) is 0 Å². The van der Waals surface area contributed by atoms with Gasteiger partial charge in [-0.05, 0) is 18.9 Å². The number of ether oxygens (including phenoxy) is 1. The lowest BCUT2D eigenvalue weighted by atomic mass is 9.90. The first-order valence-electron chi connectivity index (χ1n) is 5.58. The molecular formula is C11H22N2O. The molecule has 0 aliphatic carbocycles. The number of hydrogen-bond donors (Lipinski definition) is 1. The summed E-state index contributed by atoms with van der Waals surface area (Å²) in [7, 11) is 2.21. The van der Waals surface area contributed by atoms with Crippen LogP contribution in [0.1, 0.15) is 20.3 Å². The fourth-order valence-corrected chi connectivity index (χ4v) is 2.34. The quantitative estimate of drug-likeness (QED) is 0.722. The Morgan fingerprint density at radius 2 is 2.14 bits per heavy atom. The fraction of sp³-hybridized carbons (Fsp3) is 1.00. The van der Waals surface area contributed by atoms with Crippen LogP contribution in [-0.2, 0) is 4.74 Å². The number of likely N-dealkylation sites (N-methyl/N-ethyl adjacent to an activating group) is 1. The second kappa shape index (κ2) is 3.80. The molecule has 0 spiro atoms. The molecule has 2 rings (SSSR count). The zero-order chi connectivity index (χ0) is 10.2. The van der Waals surface area contributed by atoms with E-state index in [9.17, 15) is 0 Å². The van der Waals surface area contributed by atoms with E-state index in [1.54, 1.807) is 0 Å². The van der Waals surface area contributed by atoms with Crippen LogP contribution in [0, 0.1) is 5.41 Å². The Bertz CT molecular complexity index is 201. The summed E-state index contributed by atoms with van der Waals surface area (Å²) in [6.45, 7) is 8.85. The van der Waals surface area contributed by atoms with Gasteiger partial charge in [-0.25, -0.2) is 0 Å². The molecule has 0 radical (unpaired) electrons. The van der Waals surface area contributed by atoms with Crippen LogP contribution in [0.4, 0.5) is 0 Å². The fourth-order valence-electron chi connectivity index (χ4n) is 2.34. The van der Waals surface area contributed by atoms with Gasteiger partial charge < -0.3 is 10.1 Å². The molecule has 1 unspecified atom stereocenters. The van der Waals surface area contributed by atoms with Gasteiger partial charge in [0.05, 0.1) is 19.3 Å². The predicted molar refractivity (Wildman–Crippen MR) is 57.4 cm³/mol. The van der Waals surface area contributed by atoms with Crippen molar-refractivity contribution in [3.05, 3.63) is 0 Å². The zero-order valence-electron chi connectivity index (χ0n) is 9.55. The predicted octanol–water partition coefficient (Wildman–Crippen LogP) is 0.705. The molecule has 2 aliphatic heterocycles. The Morgan fingerprint density at radius 3 is 2.57 bits per heavy atom. The lowest BCUT2D eigenvalue weighted by Crippen LogP contribution is -2.50. The summed E-state index contributed by atoms with van der Waals surface area (Å²) < 4.78 is 5.20. The molecule has 1 atom stereocenters. The Labute approximate surface area is 86.8 Å². The highest BCUT2D eigenvalue weighted by atomic mass is 16.5. The molecule has 2 saturated heterocycles. The van der Waals surface area contributed by atoms with Crippen LogP contribution >= 0.6 is 0 Å². The maximum Gasteiger partial charge on any atom is 0.0645 e. The first-order valence-corrected chi connectivity index (χ1v) is 5.58. The minimum atomic E-state index is 0.488. The second-order valence-electron chi connectivity index (χ2n) is 5.58. The highest BCUT2D eigenvalue weighted by Crippen LogP contribution is 2.27. The van der Waals surface area contributed by atoms with E-state index < -0.39 is 0 Å². The highest BCUT2D eigenvalue weighted by Gasteiger charge is 2.33. The topological polar surface area (TPSA) is 24.5 Å². The van der Waals surface area contributed by atoms with Crippen LogP contribution in [0.2, 0.25) is 0 Å². The summed E-state index contributed by atoms with van der Waals surface area (Å²) in [4.78, 5) is 2.43. The lowest BCUT2D eigenvalue weighted by molar-refractivity contribution is -0.0578. The van der Waals surface area contributed by atoms with E-state index in [1.807, 2.05) is 0 Å². The van der Waals surface area contributed by atoms with Crippen LogP contribution in [0.25, 0.3) is 0 Å². The van der Waals surface area contributed by atoms with Gasteiger partial charge in [-0.15, -0.1) is 0 Å². The molecule has 2 aliphatic rings. The molecule has 2 heterocycles. The molecule has 3 heteroatoms. The van der Waals surface area contributed by atoms with Gasteiger partial charge in [-0.3, -0.25) is 4.90 Å². The molecule has 0 bridgehead atoms. The van der Waals surface area contributed by atoms with E-state index in [2.05, 4.69) is 31.1 Å². The van der Waals surface area contributed by atoms with E-state index in [0.29, 0.717) is 17.5 Å². The van der Waals surface area contributed by atoms with Crippen LogP contribution in [-0.4, -0.2) is 50.3 Å². The normalized spacial score (nSPS) is 32.1. The smallest absolute Gasteiger partial charge is 0.0645 e. The molecule has 0 saturated carbocycles. The number of nitrogens with zero attached hydrogens (tertiary/aromatic N) is 1. The lowest BCUT2D eigenvalue weighted by Gasteiger charge is -2.36. The highest BCUT2D eigenvalue weighted by molar-refractivity contribution is 4.90. The van der Waals surface area contributed by atoms with Crippen molar-refractivity contribution in [3.63, 3.8) is 0 Å². The molecule has 3 nitrogen and oxygen atoms in total. The average Bonchev–Trinajstić information content (AvgIpc) is 2.25.